The lowest BCUT2D eigenvalue weighted by atomic mass is 9.88. The fourth-order valence-corrected chi connectivity index (χ4v) is 3.40. The van der Waals surface area contributed by atoms with Crippen molar-refractivity contribution in [2.24, 2.45) is 0 Å². The molecule has 2 heterocycles. The molecule has 1 aromatic heterocycles. The Morgan fingerprint density at radius 2 is 1.84 bits per heavy atom. The van der Waals surface area contributed by atoms with E-state index < -0.39 is 28.8 Å². The highest BCUT2D eigenvalue weighted by atomic mass is 19.4. The molecule has 0 spiro atoms. The number of hydrogen-bond acceptors (Lipinski definition) is 4. The zero-order chi connectivity index (χ0) is 23.9. The SMILES string of the molecule is CON(C=O)CC1=C(n2ccccc2=O)c2cc(C(F)(F)C(F)(F)F)ccc2OC1(C)C. The molecule has 0 saturated heterocycles. The predicted molar refractivity (Wildman–Crippen MR) is 104 cm³/mol. The average molecular weight is 458 g/mol. The summed E-state index contributed by atoms with van der Waals surface area (Å²) in [6.07, 6.45) is -4.12. The van der Waals surface area contributed by atoms with E-state index in [2.05, 4.69) is 0 Å². The summed E-state index contributed by atoms with van der Waals surface area (Å²) in [5.41, 5.74) is -2.94. The van der Waals surface area contributed by atoms with E-state index in [1.165, 1.54) is 31.5 Å². The maximum Gasteiger partial charge on any atom is 0.458 e. The first kappa shape index (κ1) is 23.5. The number of ether oxygens (including phenoxy) is 1. The van der Waals surface area contributed by atoms with Gasteiger partial charge in [0.05, 0.1) is 19.4 Å². The third-order valence-electron chi connectivity index (χ3n) is 5.06. The van der Waals surface area contributed by atoms with Crippen molar-refractivity contribution in [3.63, 3.8) is 0 Å². The van der Waals surface area contributed by atoms with Crippen LogP contribution in [0.5, 0.6) is 5.75 Å². The Morgan fingerprint density at radius 1 is 1.16 bits per heavy atom. The molecule has 1 aliphatic rings. The van der Waals surface area contributed by atoms with Crippen molar-refractivity contribution in [1.29, 1.82) is 0 Å². The molecule has 32 heavy (non-hydrogen) atoms. The van der Waals surface area contributed by atoms with E-state index in [1.807, 2.05) is 0 Å². The monoisotopic (exact) mass is 458 g/mol. The molecule has 0 unspecified atom stereocenters. The predicted octanol–water partition coefficient (Wildman–Crippen LogP) is 3.95. The average Bonchev–Trinajstić information content (AvgIpc) is 2.71. The molecule has 0 aliphatic carbocycles. The van der Waals surface area contributed by atoms with Gasteiger partial charge in [-0.3, -0.25) is 19.0 Å². The summed E-state index contributed by atoms with van der Waals surface area (Å²) in [5, 5.41) is 0.869. The molecule has 1 aromatic carbocycles. The summed E-state index contributed by atoms with van der Waals surface area (Å²) in [5.74, 6) is -5.13. The molecule has 1 aliphatic heterocycles. The standard InChI is InChI=1S/C21H19F5N2O4/c1-19(2)15(11-27(12-29)31-3)18(28-9-5-4-6-17(28)30)14-10-13(7-8-16(14)32-19)20(22,23)21(24,25)26/h4-10,12H,11H2,1-3H3. The molecule has 1 amide bonds. The van der Waals surface area contributed by atoms with Crippen molar-refractivity contribution < 1.29 is 36.3 Å². The van der Waals surface area contributed by atoms with Crippen LogP contribution in [0.25, 0.3) is 5.70 Å². The van der Waals surface area contributed by atoms with Crippen LogP contribution in [-0.4, -0.2) is 41.5 Å². The van der Waals surface area contributed by atoms with E-state index >= 15 is 0 Å². The Kier molecular flexibility index (Phi) is 5.90. The van der Waals surface area contributed by atoms with Gasteiger partial charge in [-0.05, 0) is 38.1 Å². The molecule has 3 rings (SSSR count). The van der Waals surface area contributed by atoms with Crippen molar-refractivity contribution in [3.05, 3.63) is 69.6 Å². The normalized spacial score (nSPS) is 15.8. The van der Waals surface area contributed by atoms with E-state index in [-0.39, 0.29) is 29.1 Å². The number of carbonyl (C=O) groups is 1. The summed E-state index contributed by atoms with van der Waals surface area (Å²) < 4.78 is 74.1. The number of benzene rings is 1. The first-order valence-corrected chi connectivity index (χ1v) is 9.29. The van der Waals surface area contributed by atoms with Crippen LogP contribution in [-0.2, 0) is 15.6 Å². The summed E-state index contributed by atoms with van der Waals surface area (Å²) in [6.45, 7) is 2.97. The highest BCUT2D eigenvalue weighted by molar-refractivity contribution is 5.78. The Balaban J connectivity index is 2.37. The van der Waals surface area contributed by atoms with Crippen molar-refractivity contribution in [1.82, 2.24) is 9.63 Å². The molecule has 0 radical (unpaired) electrons. The van der Waals surface area contributed by atoms with Gasteiger partial charge in [0.25, 0.3) is 5.56 Å². The number of rotatable bonds is 6. The van der Waals surface area contributed by atoms with E-state index in [9.17, 15) is 31.5 Å². The zero-order valence-electron chi connectivity index (χ0n) is 17.2. The van der Waals surface area contributed by atoms with Gasteiger partial charge in [0.15, 0.2) is 0 Å². The summed E-state index contributed by atoms with van der Waals surface area (Å²) in [7, 11) is 1.22. The number of fused-ring (bicyclic) bond motifs is 1. The number of hydrogen-bond donors (Lipinski definition) is 0. The maximum absolute atomic E-state index is 14.1. The first-order chi connectivity index (χ1) is 14.8. The number of halogens is 5. The minimum atomic E-state index is -5.82. The number of carbonyl (C=O) groups excluding carboxylic acids is 1. The fourth-order valence-electron chi connectivity index (χ4n) is 3.40. The summed E-state index contributed by atoms with van der Waals surface area (Å²) in [6, 6.07) is 6.43. The van der Waals surface area contributed by atoms with Crippen LogP contribution in [0, 0.1) is 0 Å². The quantitative estimate of drug-likeness (QED) is 0.374. The Labute approximate surface area is 179 Å². The molecule has 0 bridgehead atoms. The molecule has 172 valence electrons. The van der Waals surface area contributed by atoms with Crippen LogP contribution in [0.15, 0.2) is 53.0 Å². The minimum absolute atomic E-state index is 0.00120. The minimum Gasteiger partial charge on any atom is -0.483 e. The topological polar surface area (TPSA) is 60.8 Å². The van der Waals surface area contributed by atoms with E-state index in [0.29, 0.717) is 18.5 Å². The smallest absolute Gasteiger partial charge is 0.458 e. The molecule has 11 heteroatoms. The van der Waals surface area contributed by atoms with Gasteiger partial charge in [0.1, 0.15) is 11.4 Å². The van der Waals surface area contributed by atoms with E-state index in [4.69, 9.17) is 9.57 Å². The molecule has 6 nitrogen and oxygen atoms in total. The molecule has 2 aromatic rings. The van der Waals surface area contributed by atoms with Gasteiger partial charge < -0.3 is 4.74 Å². The van der Waals surface area contributed by atoms with Crippen LogP contribution >= 0.6 is 0 Å². The highest BCUT2D eigenvalue weighted by Gasteiger charge is 2.59. The Hall–Kier alpha value is -3.21. The lowest BCUT2D eigenvalue weighted by Gasteiger charge is -2.38. The van der Waals surface area contributed by atoms with E-state index in [0.717, 1.165) is 15.7 Å². The Morgan fingerprint density at radius 3 is 2.41 bits per heavy atom. The number of hydroxylamine groups is 2. The number of amides is 1. The second-order valence-electron chi connectivity index (χ2n) is 7.49. The van der Waals surface area contributed by atoms with Gasteiger partial charge in [-0.2, -0.15) is 22.0 Å². The fraction of sp³-hybridized carbons (Fsp3) is 0.333. The van der Waals surface area contributed by atoms with Gasteiger partial charge in [0, 0.05) is 29.0 Å². The number of nitrogens with zero attached hydrogens (tertiary/aromatic N) is 2. The second-order valence-corrected chi connectivity index (χ2v) is 7.49. The largest absolute Gasteiger partial charge is 0.483 e. The molecule has 0 N–H and O–H groups in total. The molecular formula is C21H19F5N2O4. The van der Waals surface area contributed by atoms with Crippen LogP contribution in [0.2, 0.25) is 0 Å². The molecular weight excluding hydrogens is 439 g/mol. The third kappa shape index (κ3) is 3.99. The van der Waals surface area contributed by atoms with Crippen LogP contribution in [0.3, 0.4) is 0 Å². The van der Waals surface area contributed by atoms with Crippen LogP contribution < -0.4 is 10.3 Å². The van der Waals surface area contributed by atoms with Crippen molar-refractivity contribution >= 4 is 12.1 Å². The van der Waals surface area contributed by atoms with Crippen molar-refractivity contribution in [3.8, 4) is 5.75 Å². The Bertz CT molecular complexity index is 1120. The summed E-state index contributed by atoms with van der Waals surface area (Å²) >= 11 is 0. The number of aromatic nitrogens is 1. The molecule has 0 atom stereocenters. The molecule has 0 fully saturated rings. The van der Waals surface area contributed by atoms with E-state index in [1.54, 1.807) is 13.8 Å². The van der Waals surface area contributed by atoms with Gasteiger partial charge in [-0.15, -0.1) is 0 Å². The number of pyridine rings is 1. The molecule has 0 saturated carbocycles. The number of alkyl halides is 5. The van der Waals surface area contributed by atoms with Crippen molar-refractivity contribution in [2.75, 3.05) is 13.7 Å². The first-order valence-electron chi connectivity index (χ1n) is 9.29. The lowest BCUT2D eigenvalue weighted by molar-refractivity contribution is -0.289. The van der Waals surface area contributed by atoms with Crippen molar-refractivity contribution in [2.45, 2.75) is 31.5 Å². The second kappa shape index (κ2) is 8.05. The van der Waals surface area contributed by atoms with Crippen LogP contribution in [0.4, 0.5) is 22.0 Å². The zero-order valence-corrected chi connectivity index (χ0v) is 17.2. The van der Waals surface area contributed by atoms with Gasteiger partial charge in [0.2, 0.25) is 6.41 Å². The summed E-state index contributed by atoms with van der Waals surface area (Å²) in [4.78, 5) is 28.9. The van der Waals surface area contributed by atoms with Gasteiger partial charge in [-0.1, -0.05) is 6.07 Å². The lowest BCUT2D eigenvalue weighted by Crippen LogP contribution is -2.42. The van der Waals surface area contributed by atoms with Gasteiger partial charge in [-0.25, -0.2) is 5.06 Å². The highest BCUT2D eigenvalue weighted by Crippen LogP contribution is 2.48. The van der Waals surface area contributed by atoms with Crippen LogP contribution in [0.1, 0.15) is 25.0 Å². The maximum atomic E-state index is 14.1. The third-order valence-corrected chi connectivity index (χ3v) is 5.06. The van der Waals surface area contributed by atoms with Gasteiger partial charge >= 0.3 is 12.1 Å².